The van der Waals surface area contributed by atoms with Gasteiger partial charge in [0.2, 0.25) is 0 Å². The highest BCUT2D eigenvalue weighted by Gasteiger charge is 2.08. The first-order valence-corrected chi connectivity index (χ1v) is 18.8. The first-order chi connectivity index (χ1) is 26.0. The van der Waals surface area contributed by atoms with Gasteiger partial charge in [-0.3, -0.25) is 0 Å². The third-order valence-electron chi connectivity index (χ3n) is 6.95. The number of phenolic OH excluding ortho intramolecular Hbond substituents is 1. The van der Waals surface area contributed by atoms with E-state index in [9.17, 15) is 5.11 Å². The maximum Gasteiger partial charge on any atom is 0.151 e. The lowest BCUT2D eigenvalue weighted by Gasteiger charge is -2.06. The zero-order valence-electron chi connectivity index (χ0n) is 34.2. The van der Waals surface area contributed by atoms with E-state index in [0.29, 0.717) is 5.69 Å². The van der Waals surface area contributed by atoms with E-state index < -0.39 is 0 Å². The summed E-state index contributed by atoms with van der Waals surface area (Å²) in [6.45, 7) is 20.0. The molecule has 7 aromatic rings. The van der Waals surface area contributed by atoms with E-state index in [-0.39, 0.29) is 5.75 Å². The van der Waals surface area contributed by atoms with E-state index in [1.807, 2.05) is 124 Å². The maximum atomic E-state index is 10.0. The van der Waals surface area contributed by atoms with Crippen molar-refractivity contribution in [2.24, 2.45) is 20.5 Å². The molecule has 7 aromatic carbocycles. The van der Waals surface area contributed by atoms with Crippen LogP contribution in [-0.2, 0) is 0 Å². The third-order valence-corrected chi connectivity index (χ3v) is 6.95. The summed E-state index contributed by atoms with van der Waals surface area (Å²) in [5.74, 6) is 0.205. The Morgan fingerprint density at radius 1 is 0.396 bits per heavy atom. The molecule has 0 bridgehead atoms. The number of nitrogens with zero attached hydrogens (tertiary/aromatic N) is 4. The van der Waals surface area contributed by atoms with Crippen LogP contribution in [0.1, 0.15) is 66.5 Å². The summed E-state index contributed by atoms with van der Waals surface area (Å²) >= 11 is 0. The van der Waals surface area contributed by atoms with Crippen molar-refractivity contribution in [1.82, 2.24) is 0 Å². The Balaban J connectivity index is 0.000000647. The van der Waals surface area contributed by atoms with Crippen molar-refractivity contribution in [1.29, 1.82) is 0 Å². The third kappa shape index (κ3) is 16.9. The van der Waals surface area contributed by atoms with Gasteiger partial charge in [0.15, 0.2) is 5.75 Å². The molecule has 0 aliphatic carbocycles. The summed E-state index contributed by atoms with van der Waals surface area (Å²) in [6.07, 6.45) is 0. The Morgan fingerprint density at radius 3 is 1.06 bits per heavy atom. The number of rotatable bonds is 2. The Labute approximate surface area is 320 Å². The van der Waals surface area contributed by atoms with Gasteiger partial charge in [0.25, 0.3) is 0 Å². The van der Waals surface area contributed by atoms with Gasteiger partial charge in [-0.15, -0.1) is 0 Å². The van der Waals surface area contributed by atoms with Crippen LogP contribution < -0.4 is 0 Å². The number of aromatic hydroxyl groups is 1. The molecule has 0 radical (unpaired) electrons. The molecule has 1 N–H and O–H groups in total. The highest BCUT2D eigenvalue weighted by Crippen LogP contribution is 2.37. The average molecular weight is 711 g/mol. The minimum absolute atomic E-state index is 0.205. The monoisotopic (exact) mass is 710 g/mol. The summed E-state index contributed by atoms with van der Waals surface area (Å²) < 4.78 is 0. The number of fused-ring (bicyclic) bond motifs is 3. The van der Waals surface area contributed by atoms with Crippen molar-refractivity contribution < 1.29 is 5.11 Å². The van der Waals surface area contributed by atoms with Gasteiger partial charge in [0.05, 0.1) is 5.69 Å². The molecule has 0 fully saturated rings. The first kappa shape index (κ1) is 47.3. The minimum Gasteiger partial charge on any atom is -0.505 e. The minimum atomic E-state index is 0.205. The number of azo groups is 2. The first-order valence-electron chi connectivity index (χ1n) is 18.8. The van der Waals surface area contributed by atoms with Gasteiger partial charge in [0, 0.05) is 19.5 Å². The van der Waals surface area contributed by atoms with Crippen molar-refractivity contribution in [2.45, 2.75) is 69.2 Å². The van der Waals surface area contributed by atoms with Crippen molar-refractivity contribution >= 4 is 43.7 Å². The van der Waals surface area contributed by atoms with Crippen LogP contribution in [0.15, 0.2) is 172 Å². The van der Waals surface area contributed by atoms with Crippen LogP contribution in [-0.4, -0.2) is 19.2 Å². The van der Waals surface area contributed by atoms with E-state index in [1.165, 1.54) is 27.1 Å². The average Bonchev–Trinajstić information content (AvgIpc) is 3.24. The van der Waals surface area contributed by atoms with Crippen molar-refractivity contribution in [3.63, 3.8) is 0 Å². The van der Waals surface area contributed by atoms with Crippen LogP contribution in [0, 0.1) is 13.8 Å². The fraction of sp³-hybridized carbons (Fsp3) is 0.250. The molecular weight excluding hydrogens is 649 g/mol. The molecular formula is C48H62N4O. The molecule has 0 saturated carbocycles. The summed E-state index contributed by atoms with van der Waals surface area (Å²) in [7, 11) is 3.26. The summed E-state index contributed by atoms with van der Waals surface area (Å²) in [5.41, 5.74) is 3.64. The zero-order valence-corrected chi connectivity index (χ0v) is 34.2. The van der Waals surface area contributed by atoms with Crippen molar-refractivity contribution in [3.8, 4) is 5.75 Å². The largest absolute Gasteiger partial charge is 0.505 e. The molecule has 5 nitrogen and oxygen atoms in total. The number of benzene rings is 7. The van der Waals surface area contributed by atoms with Crippen molar-refractivity contribution in [3.05, 3.63) is 163 Å². The van der Waals surface area contributed by atoms with Crippen LogP contribution in [0.4, 0.5) is 11.4 Å². The topological polar surface area (TPSA) is 69.7 Å². The molecule has 0 saturated heterocycles. The fourth-order valence-corrected chi connectivity index (χ4v) is 4.67. The molecule has 0 atom stereocenters. The molecule has 0 heterocycles. The van der Waals surface area contributed by atoms with Gasteiger partial charge in [-0.05, 0) is 64.5 Å². The number of aryl methyl sites for hydroxylation is 2. The van der Waals surface area contributed by atoms with Crippen LogP contribution in [0.3, 0.4) is 0 Å². The van der Waals surface area contributed by atoms with Crippen LogP contribution in [0.2, 0.25) is 0 Å². The van der Waals surface area contributed by atoms with E-state index in [0.717, 1.165) is 22.0 Å². The molecule has 53 heavy (non-hydrogen) atoms. The standard InChI is InChI=1S/C12H12N2O.2C10H8.C8H10N2.4C2H6/c1-8-7-9-5-3-4-6-10(9)12(15)11(8)14-13-2;2*1-2-6-10-8-4-3-7-9(10)5-1;1-7-3-5-8(6-4-7)10-9-2;4*1-2/h3-7,15H,1-2H3;2*1-8H;3-6H,1-2H3;4*1-2H3. The summed E-state index contributed by atoms with van der Waals surface area (Å²) in [5, 5.41) is 32.2. The predicted molar refractivity (Wildman–Crippen MR) is 236 cm³/mol. The van der Waals surface area contributed by atoms with E-state index in [4.69, 9.17) is 0 Å². The number of hydrogen-bond donors (Lipinski definition) is 1. The molecule has 0 spiro atoms. The molecule has 5 heteroatoms. The second kappa shape index (κ2) is 30.0. The molecule has 280 valence electrons. The lowest BCUT2D eigenvalue weighted by Crippen LogP contribution is -1.79. The normalized spacial score (nSPS) is 9.43. The Kier molecular flexibility index (Phi) is 26.8. The molecule has 0 amide bonds. The molecule has 0 aliphatic rings. The molecule has 7 rings (SSSR count). The number of hydrogen-bond acceptors (Lipinski definition) is 5. The lowest BCUT2D eigenvalue weighted by atomic mass is 10.0. The zero-order chi connectivity index (χ0) is 39.9. The quantitative estimate of drug-likeness (QED) is 0.178. The van der Waals surface area contributed by atoms with E-state index in [2.05, 4.69) is 118 Å². The Bertz CT molecular complexity index is 1810. The Morgan fingerprint density at radius 2 is 0.717 bits per heavy atom. The van der Waals surface area contributed by atoms with Gasteiger partial charge in [-0.2, -0.15) is 20.5 Å². The molecule has 0 unspecified atom stereocenters. The van der Waals surface area contributed by atoms with E-state index in [1.54, 1.807) is 14.1 Å². The van der Waals surface area contributed by atoms with Crippen molar-refractivity contribution in [2.75, 3.05) is 14.1 Å². The Hall–Kier alpha value is -5.68. The molecule has 0 aliphatic heterocycles. The van der Waals surface area contributed by atoms with E-state index >= 15 is 0 Å². The SMILES string of the molecule is CC.CC.CC.CC.CN=Nc1c(C)cc2ccccc2c1O.CN=Nc1ccc(C)cc1.c1ccc2ccccc2c1.c1ccc2ccccc2c1. The number of phenols is 1. The van der Waals surface area contributed by atoms with Crippen LogP contribution in [0.25, 0.3) is 32.3 Å². The predicted octanol–water partition coefficient (Wildman–Crippen LogP) is 16.1. The summed E-state index contributed by atoms with van der Waals surface area (Å²) in [4.78, 5) is 0. The smallest absolute Gasteiger partial charge is 0.151 e. The highest BCUT2D eigenvalue weighted by molar-refractivity contribution is 5.93. The second-order valence-electron chi connectivity index (χ2n) is 10.2. The lowest BCUT2D eigenvalue weighted by molar-refractivity contribution is 0.482. The fourth-order valence-electron chi connectivity index (χ4n) is 4.67. The van der Waals surface area contributed by atoms with Gasteiger partial charge in [-0.1, -0.05) is 194 Å². The van der Waals surface area contributed by atoms with Crippen LogP contribution in [0.5, 0.6) is 5.75 Å². The molecule has 0 aromatic heterocycles. The highest BCUT2D eigenvalue weighted by atomic mass is 16.3. The maximum absolute atomic E-state index is 10.0. The van der Waals surface area contributed by atoms with Crippen LogP contribution >= 0.6 is 0 Å². The second-order valence-corrected chi connectivity index (χ2v) is 10.2. The van der Waals surface area contributed by atoms with Gasteiger partial charge in [-0.25, -0.2) is 0 Å². The van der Waals surface area contributed by atoms with Gasteiger partial charge >= 0.3 is 0 Å². The van der Waals surface area contributed by atoms with Gasteiger partial charge < -0.3 is 5.11 Å². The van der Waals surface area contributed by atoms with Gasteiger partial charge in [0.1, 0.15) is 5.69 Å². The summed E-state index contributed by atoms with van der Waals surface area (Å²) in [6, 6.07) is 51.0.